The molecular weight excluding hydrogens is 389 g/mol. The summed E-state index contributed by atoms with van der Waals surface area (Å²) in [5, 5.41) is 12.3. The number of hydrogen-bond acceptors (Lipinski definition) is 3. The Balaban J connectivity index is 0.00000288. The van der Waals surface area contributed by atoms with Gasteiger partial charge in [-0.1, -0.05) is 30.3 Å². The molecule has 0 aromatic heterocycles. The minimum Gasteiger partial charge on any atom is -0.394 e. The quantitative estimate of drug-likeness (QED) is 0.441. The molecule has 0 heterocycles. The minimum atomic E-state index is -1.19. The zero-order valence-corrected chi connectivity index (χ0v) is 15.9. The van der Waals surface area contributed by atoms with Crippen LogP contribution in [0.3, 0.4) is 0 Å². The first kappa shape index (κ1) is 20.6. The molecule has 0 spiro atoms. The van der Waals surface area contributed by atoms with Crippen LogP contribution in [0.4, 0.5) is 8.78 Å². The molecule has 0 aliphatic rings. The van der Waals surface area contributed by atoms with Crippen molar-refractivity contribution in [3.8, 4) is 0 Å². The first-order valence-electron chi connectivity index (χ1n) is 7.03. The van der Waals surface area contributed by atoms with Crippen LogP contribution in [0.15, 0.2) is 54.2 Å². The molecule has 0 saturated heterocycles. The second kappa shape index (κ2) is 9.77. The van der Waals surface area contributed by atoms with Gasteiger partial charge in [0.05, 0.1) is 18.5 Å². The Morgan fingerprint density at radius 1 is 1.29 bits per heavy atom. The van der Waals surface area contributed by atoms with Crippen LogP contribution in [-0.2, 0) is 32.7 Å². The van der Waals surface area contributed by atoms with E-state index in [2.05, 4.69) is 11.4 Å². The van der Waals surface area contributed by atoms with E-state index >= 15 is 0 Å². The first-order chi connectivity index (χ1) is 11.0. The molecule has 0 bridgehead atoms. The number of halogens is 2. The van der Waals surface area contributed by atoms with Gasteiger partial charge in [-0.3, -0.25) is 4.39 Å². The summed E-state index contributed by atoms with van der Waals surface area (Å²) < 4.78 is 26.8. The van der Waals surface area contributed by atoms with Crippen LogP contribution in [0.1, 0.15) is 28.9 Å². The van der Waals surface area contributed by atoms with Crippen LogP contribution in [-0.4, -0.2) is 17.5 Å². The van der Waals surface area contributed by atoms with E-state index in [1.807, 2.05) is 30.3 Å². The van der Waals surface area contributed by atoms with Crippen molar-refractivity contribution in [3.05, 3.63) is 83.1 Å². The van der Waals surface area contributed by atoms with Crippen LogP contribution in [0.5, 0.6) is 0 Å². The Labute approximate surface area is 164 Å². The van der Waals surface area contributed by atoms with E-state index in [9.17, 15) is 18.7 Å². The summed E-state index contributed by atoms with van der Waals surface area (Å²) in [6, 6.07) is 13.1. The van der Waals surface area contributed by atoms with Crippen molar-refractivity contribution in [2.45, 2.75) is 13.0 Å². The third-order valence-corrected chi connectivity index (χ3v) is 3.37. The van der Waals surface area contributed by atoms with Crippen LogP contribution in [0.2, 0.25) is 0 Å². The fourth-order valence-electron chi connectivity index (χ4n) is 2.06. The fourth-order valence-corrected chi connectivity index (χ4v) is 2.06. The van der Waals surface area contributed by atoms with E-state index in [1.165, 1.54) is 13.1 Å². The Hall–Kier alpha value is -1.43. The third kappa shape index (κ3) is 5.03. The number of allylic oxidation sites excluding steroid dienone is 1. The van der Waals surface area contributed by atoms with Crippen molar-refractivity contribution < 1.29 is 51.4 Å². The van der Waals surface area contributed by atoms with Crippen molar-refractivity contribution in [3.63, 3.8) is 0 Å². The van der Waals surface area contributed by atoms with Gasteiger partial charge in [0, 0.05) is 44.7 Å². The summed E-state index contributed by atoms with van der Waals surface area (Å²) in [5.74, 6) is -2.95. The van der Waals surface area contributed by atoms with Gasteiger partial charge in [-0.25, -0.2) is 4.39 Å². The molecule has 1 atom stereocenters. The van der Waals surface area contributed by atoms with Crippen molar-refractivity contribution in [1.29, 1.82) is 0 Å². The Morgan fingerprint density at radius 3 is 2.58 bits per heavy atom. The van der Waals surface area contributed by atoms with Crippen LogP contribution in [0, 0.1) is 17.7 Å². The predicted octanol–water partition coefficient (Wildman–Crippen LogP) is 3.17. The molecular formula is C18H16F2NO2Y-. The molecule has 0 aliphatic carbocycles. The zero-order chi connectivity index (χ0) is 16.8. The number of ketones is 1. The number of aliphatic hydroxyl groups excluding tert-OH is 1. The first-order valence-corrected chi connectivity index (χ1v) is 7.03. The van der Waals surface area contributed by atoms with Crippen molar-refractivity contribution in [2.24, 2.45) is 0 Å². The van der Waals surface area contributed by atoms with Crippen molar-refractivity contribution in [1.82, 2.24) is 5.32 Å². The van der Waals surface area contributed by atoms with Crippen molar-refractivity contribution in [2.75, 3.05) is 6.61 Å². The van der Waals surface area contributed by atoms with E-state index < -0.39 is 23.5 Å². The Bertz CT molecular complexity index is 720. The minimum absolute atomic E-state index is 0. The predicted molar refractivity (Wildman–Crippen MR) is 82.7 cm³/mol. The molecule has 0 aliphatic heterocycles. The zero-order valence-electron chi connectivity index (χ0n) is 13.1. The van der Waals surface area contributed by atoms with Gasteiger partial charge in [-0.05, 0) is 23.6 Å². The van der Waals surface area contributed by atoms with Crippen LogP contribution < -0.4 is 5.32 Å². The van der Waals surface area contributed by atoms with Crippen LogP contribution >= 0.6 is 0 Å². The normalized spacial score (nSPS) is 12.2. The second-order valence-electron chi connectivity index (χ2n) is 5.00. The van der Waals surface area contributed by atoms with E-state index in [-0.39, 0.29) is 50.5 Å². The summed E-state index contributed by atoms with van der Waals surface area (Å²) in [6.45, 7) is 1.31. The van der Waals surface area contributed by atoms with Gasteiger partial charge in [0.25, 0.3) is 0 Å². The summed E-state index contributed by atoms with van der Waals surface area (Å²) in [5.41, 5.74) is 0.662. The average molecular weight is 405 g/mol. The van der Waals surface area contributed by atoms with E-state index in [0.29, 0.717) is 0 Å². The summed E-state index contributed by atoms with van der Waals surface area (Å²) >= 11 is 0. The van der Waals surface area contributed by atoms with Gasteiger partial charge < -0.3 is 15.2 Å². The number of Topliss-reactive ketones (excluding diaryl/α,β-unsaturated/α-hetero) is 1. The molecule has 2 aromatic rings. The van der Waals surface area contributed by atoms with Gasteiger partial charge >= 0.3 is 0 Å². The monoisotopic (exact) mass is 405 g/mol. The summed E-state index contributed by atoms with van der Waals surface area (Å²) in [7, 11) is 0. The summed E-state index contributed by atoms with van der Waals surface area (Å²) in [6.07, 6.45) is 1.39. The Morgan fingerprint density at radius 2 is 1.96 bits per heavy atom. The maximum atomic E-state index is 13.6. The maximum absolute atomic E-state index is 13.6. The Kier molecular flexibility index (Phi) is 8.39. The molecule has 1 radical (unpaired) electrons. The molecule has 1 unspecified atom stereocenters. The largest absolute Gasteiger partial charge is 0.394 e. The molecule has 0 saturated carbocycles. The molecule has 6 heteroatoms. The number of aliphatic hydroxyl groups is 1. The molecule has 24 heavy (non-hydrogen) atoms. The molecule has 2 N–H and O–H groups in total. The number of carbonyl (C=O) groups is 1. The molecule has 123 valence electrons. The van der Waals surface area contributed by atoms with Gasteiger partial charge in [0.2, 0.25) is 0 Å². The maximum Gasteiger partial charge on any atom is 0.138 e. The van der Waals surface area contributed by atoms with E-state index in [1.54, 1.807) is 0 Å². The number of carbonyl (C=O) groups excluding carboxylic acids is 1. The molecule has 2 rings (SSSR count). The fraction of sp³-hybridized carbons (Fsp3) is 0.167. The number of benzene rings is 2. The van der Waals surface area contributed by atoms with Gasteiger partial charge in [0.1, 0.15) is 5.78 Å². The molecule has 2 aromatic carbocycles. The van der Waals surface area contributed by atoms with E-state index in [0.717, 1.165) is 17.7 Å². The third-order valence-electron chi connectivity index (χ3n) is 3.37. The standard InChI is InChI=1S/C18H16F2NO2.Y/c1-12(18(23)14-8-5-9-15(19)17(14)20)10-21-16(11-22)13-6-3-2-4-7-13;/h2-4,6-10,16,21-22H,11H2,1H3;/q-1;/b12-10+;. The average Bonchev–Trinajstić information content (AvgIpc) is 2.58. The number of nitrogens with one attached hydrogen (secondary N) is 1. The number of hydrogen-bond donors (Lipinski definition) is 2. The van der Waals surface area contributed by atoms with E-state index in [4.69, 9.17) is 0 Å². The van der Waals surface area contributed by atoms with Gasteiger partial charge in [-0.15, -0.1) is 6.07 Å². The molecule has 3 nitrogen and oxygen atoms in total. The second-order valence-corrected chi connectivity index (χ2v) is 5.00. The SMILES string of the molecule is C/C(=C\NC(CO)c1ccccc1)C(=O)c1c[c-]cc(F)c1F.[Y]. The molecule has 0 amide bonds. The topological polar surface area (TPSA) is 49.3 Å². The van der Waals surface area contributed by atoms with Gasteiger partial charge in [-0.2, -0.15) is 12.1 Å². The van der Waals surface area contributed by atoms with Crippen LogP contribution in [0.25, 0.3) is 0 Å². The summed E-state index contributed by atoms with van der Waals surface area (Å²) in [4.78, 5) is 12.2. The smallest absolute Gasteiger partial charge is 0.138 e. The number of rotatable bonds is 6. The van der Waals surface area contributed by atoms with Gasteiger partial charge in [0.15, 0.2) is 0 Å². The molecule has 0 fully saturated rings. The van der Waals surface area contributed by atoms with Crippen molar-refractivity contribution >= 4 is 5.78 Å².